The Morgan fingerprint density at radius 3 is 2.10 bits per heavy atom. The zero-order valence-electron chi connectivity index (χ0n) is 12.5. The zero-order valence-corrected chi connectivity index (χ0v) is 12.5. The largest absolute Gasteiger partial charge is 0.370 e. The molecule has 0 radical (unpaired) electrons. The van der Waals surface area contributed by atoms with E-state index in [2.05, 4.69) is 67.7 Å². The Morgan fingerprint density at radius 2 is 1.50 bits per heavy atom. The number of hydrogen-bond acceptors (Lipinski definition) is 2. The summed E-state index contributed by atoms with van der Waals surface area (Å²) in [6.45, 7) is 5.97. The van der Waals surface area contributed by atoms with Crippen molar-refractivity contribution in [2.24, 2.45) is 0 Å². The number of methoxy groups -OCH3 is 1. The van der Waals surface area contributed by atoms with Crippen molar-refractivity contribution < 1.29 is 4.74 Å². The molecule has 0 spiro atoms. The van der Waals surface area contributed by atoms with Crippen LogP contribution in [0.5, 0.6) is 0 Å². The second-order valence-electron chi connectivity index (χ2n) is 5.69. The van der Waals surface area contributed by atoms with Gasteiger partial charge in [-0.15, -0.1) is 0 Å². The van der Waals surface area contributed by atoms with Gasteiger partial charge in [0.2, 0.25) is 0 Å². The lowest BCUT2D eigenvalue weighted by atomic mass is 9.84. The van der Waals surface area contributed by atoms with Crippen molar-refractivity contribution in [1.29, 1.82) is 0 Å². The van der Waals surface area contributed by atoms with Crippen molar-refractivity contribution >= 4 is 0 Å². The van der Waals surface area contributed by atoms with E-state index in [0.717, 1.165) is 6.54 Å². The van der Waals surface area contributed by atoms with E-state index < -0.39 is 0 Å². The first-order valence-electron chi connectivity index (χ1n) is 6.99. The molecular weight excluding hydrogens is 246 g/mol. The number of hydrogen-bond donors (Lipinski definition) is 1. The maximum atomic E-state index is 5.04. The van der Waals surface area contributed by atoms with Crippen LogP contribution in [-0.2, 0) is 10.2 Å². The highest BCUT2D eigenvalue weighted by Crippen LogP contribution is 2.26. The summed E-state index contributed by atoms with van der Waals surface area (Å²) in [5, 5.41) is 3.30. The Balaban J connectivity index is 2.11. The molecule has 2 heteroatoms. The van der Waals surface area contributed by atoms with Gasteiger partial charge in [0.15, 0.2) is 0 Å². The molecule has 2 aromatic carbocycles. The van der Waals surface area contributed by atoms with Crippen LogP contribution >= 0.6 is 0 Å². The molecule has 0 aliphatic carbocycles. The molecule has 2 nitrogen and oxygen atoms in total. The molecule has 2 rings (SSSR count). The van der Waals surface area contributed by atoms with E-state index in [1.165, 1.54) is 16.7 Å². The minimum Gasteiger partial charge on any atom is -0.370 e. The molecular formula is C18H23NO. The van der Waals surface area contributed by atoms with E-state index in [1.807, 2.05) is 6.07 Å². The molecule has 0 saturated heterocycles. The van der Waals surface area contributed by atoms with E-state index in [1.54, 1.807) is 7.11 Å². The summed E-state index contributed by atoms with van der Waals surface area (Å²) in [6.07, 6.45) is 0. The number of ether oxygens (including phenoxy) is 1. The minimum atomic E-state index is 0.0910. The molecule has 106 valence electrons. The minimum absolute atomic E-state index is 0.0910. The standard InChI is InChI=1S/C18H23NO/c1-18(2,13-19-14-20-3)17-11-9-16(10-12-17)15-7-5-4-6-8-15/h4-12,19H,13-14H2,1-3H3. The summed E-state index contributed by atoms with van der Waals surface area (Å²) in [5.74, 6) is 0. The second kappa shape index (κ2) is 6.69. The topological polar surface area (TPSA) is 21.3 Å². The van der Waals surface area contributed by atoms with Crippen LogP contribution in [0.3, 0.4) is 0 Å². The molecule has 0 amide bonds. The van der Waals surface area contributed by atoms with Crippen LogP contribution in [0.2, 0.25) is 0 Å². The monoisotopic (exact) mass is 269 g/mol. The smallest absolute Gasteiger partial charge is 0.0961 e. The van der Waals surface area contributed by atoms with Crippen LogP contribution in [0, 0.1) is 0 Å². The Bertz CT molecular complexity index is 517. The van der Waals surface area contributed by atoms with Crippen LogP contribution in [0.15, 0.2) is 54.6 Å². The third kappa shape index (κ3) is 3.69. The first-order chi connectivity index (χ1) is 9.63. The molecule has 0 fully saturated rings. The summed E-state index contributed by atoms with van der Waals surface area (Å²) in [5.41, 5.74) is 3.94. The molecule has 0 bridgehead atoms. The summed E-state index contributed by atoms with van der Waals surface area (Å²) < 4.78 is 5.04. The van der Waals surface area contributed by atoms with Gasteiger partial charge in [-0.2, -0.15) is 0 Å². The van der Waals surface area contributed by atoms with Crippen LogP contribution in [0.4, 0.5) is 0 Å². The van der Waals surface area contributed by atoms with Gasteiger partial charge >= 0.3 is 0 Å². The highest BCUT2D eigenvalue weighted by atomic mass is 16.5. The highest BCUT2D eigenvalue weighted by Gasteiger charge is 2.19. The first-order valence-corrected chi connectivity index (χ1v) is 6.99. The Labute approximate surface area is 121 Å². The third-order valence-corrected chi connectivity index (χ3v) is 3.59. The van der Waals surface area contributed by atoms with Crippen molar-refractivity contribution in [3.63, 3.8) is 0 Å². The normalized spacial score (nSPS) is 11.6. The van der Waals surface area contributed by atoms with E-state index in [9.17, 15) is 0 Å². The van der Waals surface area contributed by atoms with Crippen LogP contribution in [0.25, 0.3) is 11.1 Å². The van der Waals surface area contributed by atoms with Crippen molar-refractivity contribution in [1.82, 2.24) is 5.32 Å². The van der Waals surface area contributed by atoms with Gasteiger partial charge in [-0.1, -0.05) is 68.4 Å². The van der Waals surface area contributed by atoms with Gasteiger partial charge in [0.05, 0.1) is 6.73 Å². The average Bonchev–Trinajstić information content (AvgIpc) is 2.48. The van der Waals surface area contributed by atoms with E-state index in [4.69, 9.17) is 4.74 Å². The quantitative estimate of drug-likeness (QED) is 0.636. The van der Waals surface area contributed by atoms with Crippen molar-refractivity contribution in [3.05, 3.63) is 60.2 Å². The van der Waals surface area contributed by atoms with Gasteiger partial charge in [0, 0.05) is 19.1 Å². The SMILES string of the molecule is COCNCC(C)(C)c1ccc(-c2ccccc2)cc1. The molecule has 0 heterocycles. The van der Waals surface area contributed by atoms with Crippen molar-refractivity contribution in [2.45, 2.75) is 19.3 Å². The molecule has 1 N–H and O–H groups in total. The summed E-state index contributed by atoms with van der Waals surface area (Å²) in [6, 6.07) is 19.3. The number of benzene rings is 2. The van der Waals surface area contributed by atoms with Crippen LogP contribution in [0.1, 0.15) is 19.4 Å². The molecule has 0 unspecified atom stereocenters. The maximum Gasteiger partial charge on any atom is 0.0961 e. The lowest BCUT2D eigenvalue weighted by Crippen LogP contribution is -2.33. The molecule has 0 atom stereocenters. The summed E-state index contributed by atoms with van der Waals surface area (Å²) >= 11 is 0. The highest BCUT2D eigenvalue weighted by molar-refractivity contribution is 5.63. The second-order valence-corrected chi connectivity index (χ2v) is 5.69. The summed E-state index contributed by atoms with van der Waals surface area (Å²) in [7, 11) is 1.70. The Hall–Kier alpha value is -1.64. The first kappa shape index (κ1) is 14.8. The fraction of sp³-hybridized carbons (Fsp3) is 0.333. The number of nitrogens with one attached hydrogen (secondary N) is 1. The van der Waals surface area contributed by atoms with E-state index in [0.29, 0.717) is 6.73 Å². The zero-order chi connectivity index (χ0) is 14.4. The van der Waals surface area contributed by atoms with Gasteiger partial charge in [-0.25, -0.2) is 0 Å². The maximum absolute atomic E-state index is 5.04. The van der Waals surface area contributed by atoms with E-state index >= 15 is 0 Å². The predicted octanol–water partition coefficient (Wildman–Crippen LogP) is 3.82. The van der Waals surface area contributed by atoms with Gasteiger partial charge in [-0.3, -0.25) is 5.32 Å². The third-order valence-electron chi connectivity index (χ3n) is 3.59. The van der Waals surface area contributed by atoms with Gasteiger partial charge in [-0.05, 0) is 16.7 Å². The molecule has 0 aliphatic rings. The van der Waals surface area contributed by atoms with Crippen LogP contribution in [-0.4, -0.2) is 20.4 Å². The molecule has 0 aromatic heterocycles. The Morgan fingerprint density at radius 1 is 0.900 bits per heavy atom. The molecule has 2 aromatic rings. The molecule has 0 saturated carbocycles. The summed E-state index contributed by atoms with van der Waals surface area (Å²) in [4.78, 5) is 0. The van der Waals surface area contributed by atoms with Crippen LogP contribution < -0.4 is 5.32 Å². The number of rotatable bonds is 6. The fourth-order valence-electron chi connectivity index (χ4n) is 2.31. The fourth-order valence-corrected chi connectivity index (χ4v) is 2.31. The van der Waals surface area contributed by atoms with Crippen molar-refractivity contribution in [2.75, 3.05) is 20.4 Å². The van der Waals surface area contributed by atoms with Gasteiger partial charge in [0.25, 0.3) is 0 Å². The van der Waals surface area contributed by atoms with Gasteiger partial charge in [0.1, 0.15) is 0 Å². The Kier molecular flexibility index (Phi) is 4.94. The van der Waals surface area contributed by atoms with E-state index in [-0.39, 0.29) is 5.41 Å². The predicted molar refractivity (Wildman–Crippen MR) is 84.8 cm³/mol. The molecule has 20 heavy (non-hydrogen) atoms. The molecule has 0 aliphatic heterocycles. The average molecular weight is 269 g/mol. The van der Waals surface area contributed by atoms with Crippen molar-refractivity contribution in [3.8, 4) is 11.1 Å². The lowest BCUT2D eigenvalue weighted by Gasteiger charge is -2.26. The van der Waals surface area contributed by atoms with Gasteiger partial charge < -0.3 is 4.74 Å². The lowest BCUT2D eigenvalue weighted by molar-refractivity contribution is 0.169.